The van der Waals surface area contributed by atoms with E-state index < -0.39 is 0 Å². The number of hydrogen-bond donors (Lipinski definition) is 1. The Bertz CT molecular complexity index is 922. The largest absolute Gasteiger partial charge is 0.328 e. The molecular weight excluding hydrogens is 312 g/mol. The molecule has 0 radical (unpaired) electrons. The van der Waals surface area contributed by atoms with Gasteiger partial charge in [0.15, 0.2) is 5.78 Å². The summed E-state index contributed by atoms with van der Waals surface area (Å²) in [5.74, 6) is -0.145. The lowest BCUT2D eigenvalue weighted by Gasteiger charge is -2.18. The molecule has 0 amide bonds. The zero-order valence-corrected chi connectivity index (χ0v) is 14.3. The minimum absolute atomic E-state index is 0.0214. The van der Waals surface area contributed by atoms with Crippen LogP contribution in [0.5, 0.6) is 0 Å². The van der Waals surface area contributed by atoms with Crippen molar-refractivity contribution < 1.29 is 4.79 Å². The monoisotopic (exact) mass is 332 g/mol. The van der Waals surface area contributed by atoms with Gasteiger partial charge in [-0.3, -0.25) is 14.6 Å². The number of aromatic nitrogens is 2. The van der Waals surface area contributed by atoms with Crippen molar-refractivity contribution in [2.24, 2.45) is 0 Å². The number of carbonyl (C=O) groups excluding carboxylic acids is 1. The Hall–Kier alpha value is -3.01. The number of aromatic amines is 1. The molecular formula is C21H20N2O2. The molecule has 0 spiro atoms. The molecule has 3 rings (SSSR count). The lowest BCUT2D eigenvalue weighted by atomic mass is 9.87. The number of rotatable bonds is 5. The van der Waals surface area contributed by atoms with Crippen LogP contribution in [0, 0.1) is 13.8 Å². The molecule has 2 aromatic heterocycles. The molecule has 0 saturated carbocycles. The third kappa shape index (κ3) is 3.91. The molecule has 0 aliphatic carbocycles. The topological polar surface area (TPSA) is 62.8 Å². The summed E-state index contributed by atoms with van der Waals surface area (Å²) in [5.41, 5.74) is 4.49. The summed E-state index contributed by atoms with van der Waals surface area (Å²) in [6.45, 7) is 4.05. The quantitative estimate of drug-likeness (QED) is 0.723. The number of carbonyl (C=O) groups is 1. The molecule has 1 atom stereocenters. The number of ketones is 1. The van der Waals surface area contributed by atoms with Crippen LogP contribution in [0.3, 0.4) is 0 Å². The predicted molar refractivity (Wildman–Crippen MR) is 98.0 cm³/mol. The minimum atomic E-state index is -0.216. The molecule has 0 unspecified atom stereocenters. The zero-order valence-electron chi connectivity index (χ0n) is 14.3. The number of nitrogens with zero attached hydrogens (tertiary/aromatic N) is 1. The van der Waals surface area contributed by atoms with E-state index in [4.69, 9.17) is 0 Å². The smallest absolute Gasteiger partial charge is 0.247 e. The second-order valence-electron chi connectivity index (χ2n) is 6.24. The van der Waals surface area contributed by atoms with Gasteiger partial charge in [-0.1, -0.05) is 35.9 Å². The van der Waals surface area contributed by atoms with Crippen LogP contribution in [-0.4, -0.2) is 15.8 Å². The van der Waals surface area contributed by atoms with E-state index >= 15 is 0 Å². The average Bonchev–Trinajstić information content (AvgIpc) is 2.62. The van der Waals surface area contributed by atoms with Crippen LogP contribution >= 0.6 is 0 Å². The molecule has 0 bridgehead atoms. The molecule has 0 aliphatic heterocycles. The van der Waals surface area contributed by atoms with Crippen molar-refractivity contribution in [2.75, 3.05) is 0 Å². The van der Waals surface area contributed by atoms with Crippen LogP contribution in [-0.2, 0) is 0 Å². The van der Waals surface area contributed by atoms with E-state index in [9.17, 15) is 9.59 Å². The first-order valence-electron chi connectivity index (χ1n) is 8.24. The molecule has 3 aromatic rings. The second kappa shape index (κ2) is 7.26. The molecule has 0 aliphatic rings. The van der Waals surface area contributed by atoms with Crippen molar-refractivity contribution in [3.05, 3.63) is 99.2 Å². The molecule has 0 saturated heterocycles. The Morgan fingerprint density at radius 3 is 2.48 bits per heavy atom. The number of Topliss-reactive ketones (excluding diaryl/α,β-unsaturated/α-hetero) is 1. The molecule has 126 valence electrons. The second-order valence-corrected chi connectivity index (χ2v) is 6.24. The number of benzene rings is 1. The fourth-order valence-corrected chi connectivity index (χ4v) is 2.92. The number of aryl methyl sites for hydroxylation is 2. The van der Waals surface area contributed by atoms with Gasteiger partial charge in [-0.25, -0.2) is 0 Å². The van der Waals surface area contributed by atoms with Crippen LogP contribution in [0.4, 0.5) is 0 Å². The summed E-state index contributed by atoms with van der Waals surface area (Å²) in [7, 11) is 0. The molecule has 4 heteroatoms. The third-order valence-corrected chi connectivity index (χ3v) is 4.36. The first-order valence-corrected chi connectivity index (χ1v) is 8.24. The van der Waals surface area contributed by atoms with Gasteiger partial charge in [0.2, 0.25) is 5.56 Å². The average molecular weight is 332 g/mol. The summed E-state index contributed by atoms with van der Waals surface area (Å²) in [6, 6.07) is 15.0. The summed E-state index contributed by atoms with van der Waals surface area (Å²) in [4.78, 5) is 31.0. The van der Waals surface area contributed by atoms with Gasteiger partial charge in [0.1, 0.15) is 0 Å². The molecule has 25 heavy (non-hydrogen) atoms. The minimum Gasteiger partial charge on any atom is -0.328 e. The van der Waals surface area contributed by atoms with Crippen molar-refractivity contribution in [3.63, 3.8) is 0 Å². The molecule has 2 heterocycles. The van der Waals surface area contributed by atoms with E-state index in [2.05, 4.69) is 9.97 Å². The first kappa shape index (κ1) is 16.8. The van der Waals surface area contributed by atoms with Crippen molar-refractivity contribution in [2.45, 2.75) is 26.2 Å². The molecule has 1 aromatic carbocycles. The maximum atomic E-state index is 12.7. The summed E-state index contributed by atoms with van der Waals surface area (Å²) in [5, 5.41) is 0. The highest BCUT2D eigenvalue weighted by molar-refractivity contribution is 5.96. The van der Waals surface area contributed by atoms with E-state index in [0.29, 0.717) is 12.0 Å². The van der Waals surface area contributed by atoms with Crippen molar-refractivity contribution in [3.8, 4) is 0 Å². The zero-order chi connectivity index (χ0) is 17.8. The van der Waals surface area contributed by atoms with Crippen LogP contribution in [0.25, 0.3) is 0 Å². The van der Waals surface area contributed by atoms with E-state index in [1.165, 1.54) is 17.8 Å². The Morgan fingerprint density at radius 1 is 1.08 bits per heavy atom. The number of pyridine rings is 2. The SMILES string of the molecule is Cc1ccc([C@H](CC(=O)c2ccc(=O)[nH]c2)c2ncccc2C)cc1. The van der Waals surface area contributed by atoms with E-state index in [1.54, 1.807) is 12.3 Å². The van der Waals surface area contributed by atoms with Gasteiger partial charge in [-0.2, -0.15) is 0 Å². The van der Waals surface area contributed by atoms with Gasteiger partial charge >= 0.3 is 0 Å². The van der Waals surface area contributed by atoms with Gasteiger partial charge < -0.3 is 4.98 Å². The molecule has 1 N–H and O–H groups in total. The highest BCUT2D eigenvalue weighted by atomic mass is 16.1. The normalized spacial score (nSPS) is 11.9. The van der Waals surface area contributed by atoms with Gasteiger partial charge in [0.25, 0.3) is 0 Å². The maximum absolute atomic E-state index is 12.7. The van der Waals surface area contributed by atoms with Gasteiger partial charge in [0, 0.05) is 36.4 Å². The highest BCUT2D eigenvalue weighted by Crippen LogP contribution is 2.30. The summed E-state index contributed by atoms with van der Waals surface area (Å²) in [6.07, 6.45) is 3.53. The Labute approximate surface area is 146 Å². The van der Waals surface area contributed by atoms with E-state index in [1.807, 2.05) is 50.2 Å². The molecule has 0 fully saturated rings. The van der Waals surface area contributed by atoms with Crippen LogP contribution in [0.2, 0.25) is 0 Å². The summed E-state index contributed by atoms with van der Waals surface area (Å²) >= 11 is 0. The Balaban J connectivity index is 1.98. The number of H-pyrrole nitrogens is 1. The lowest BCUT2D eigenvalue weighted by molar-refractivity contribution is 0.0977. The Kier molecular flexibility index (Phi) is 4.89. The van der Waals surface area contributed by atoms with Crippen molar-refractivity contribution in [1.29, 1.82) is 0 Å². The first-order chi connectivity index (χ1) is 12.0. The fourth-order valence-electron chi connectivity index (χ4n) is 2.92. The van der Waals surface area contributed by atoms with Gasteiger partial charge in [0.05, 0.1) is 5.69 Å². The lowest BCUT2D eigenvalue weighted by Crippen LogP contribution is -2.13. The number of hydrogen-bond acceptors (Lipinski definition) is 3. The van der Waals surface area contributed by atoms with Crippen LogP contribution < -0.4 is 5.56 Å². The Morgan fingerprint density at radius 2 is 1.84 bits per heavy atom. The standard InChI is InChI=1S/C21H20N2O2/c1-14-5-7-16(8-6-14)18(21-15(2)4-3-11-22-21)12-19(24)17-9-10-20(25)23-13-17/h3-11,13,18H,12H2,1-2H3,(H,23,25)/t18-/m0/s1. The maximum Gasteiger partial charge on any atom is 0.247 e. The van der Waals surface area contributed by atoms with Crippen molar-refractivity contribution >= 4 is 5.78 Å². The fraction of sp³-hybridized carbons (Fsp3) is 0.190. The van der Waals surface area contributed by atoms with E-state index in [0.717, 1.165) is 16.8 Å². The predicted octanol–water partition coefficient (Wildman–Crippen LogP) is 3.79. The van der Waals surface area contributed by atoms with Crippen molar-refractivity contribution in [1.82, 2.24) is 9.97 Å². The highest BCUT2D eigenvalue weighted by Gasteiger charge is 2.22. The molecule has 4 nitrogen and oxygen atoms in total. The van der Waals surface area contributed by atoms with Crippen LogP contribution in [0.1, 0.15) is 45.1 Å². The van der Waals surface area contributed by atoms with Gasteiger partial charge in [-0.15, -0.1) is 0 Å². The third-order valence-electron chi connectivity index (χ3n) is 4.36. The number of nitrogens with one attached hydrogen (secondary N) is 1. The summed E-state index contributed by atoms with van der Waals surface area (Å²) < 4.78 is 0. The van der Waals surface area contributed by atoms with Crippen LogP contribution in [0.15, 0.2) is 65.7 Å². The van der Waals surface area contributed by atoms with Gasteiger partial charge in [-0.05, 0) is 37.1 Å². The van der Waals surface area contributed by atoms with E-state index in [-0.39, 0.29) is 17.3 Å².